The van der Waals surface area contributed by atoms with Crippen molar-refractivity contribution in [2.24, 2.45) is 0 Å². The van der Waals surface area contributed by atoms with Gasteiger partial charge in [0.15, 0.2) is 0 Å². The number of hydrogen-bond donors (Lipinski definition) is 1. The van der Waals surface area contributed by atoms with E-state index in [0.717, 1.165) is 0 Å². The van der Waals surface area contributed by atoms with Crippen LogP contribution in [0.1, 0.15) is 46.0 Å². The lowest BCUT2D eigenvalue weighted by Crippen LogP contribution is -2.15. The second-order valence-corrected chi connectivity index (χ2v) is 2.81. The van der Waals surface area contributed by atoms with E-state index < -0.39 is 0 Å². The molecule has 0 aromatic rings. The van der Waals surface area contributed by atoms with Crippen molar-refractivity contribution in [1.29, 1.82) is 0 Å². The molecule has 0 spiro atoms. The van der Waals surface area contributed by atoms with Gasteiger partial charge < -0.3 is 5.32 Å². The van der Waals surface area contributed by atoms with Gasteiger partial charge in [0, 0.05) is 0 Å². The molecule has 0 fully saturated rings. The Morgan fingerprint density at radius 3 is 2.09 bits per heavy atom. The van der Waals surface area contributed by atoms with Gasteiger partial charge in [-0.05, 0) is 25.9 Å². The van der Waals surface area contributed by atoms with Crippen LogP contribution < -0.4 is 5.32 Å². The molecule has 0 bridgehead atoms. The third kappa shape index (κ3) is 13.4. The lowest BCUT2D eigenvalue weighted by atomic mass is 10.2. The van der Waals surface area contributed by atoms with Gasteiger partial charge in [-0.2, -0.15) is 0 Å². The molecule has 70 valence electrons. The Balaban J connectivity index is 0. The summed E-state index contributed by atoms with van der Waals surface area (Å²) in [7, 11) is 0. The Kier molecular flexibility index (Phi) is 16.6. The second kappa shape index (κ2) is 13.1. The molecule has 0 aliphatic rings. The van der Waals surface area contributed by atoms with Crippen LogP contribution in [0.5, 0.6) is 0 Å². The van der Waals surface area contributed by atoms with Crippen molar-refractivity contribution in [3.8, 4) is 0 Å². The highest BCUT2D eigenvalue weighted by molar-refractivity contribution is 8.93. The number of halogens is 1. The third-order valence-corrected chi connectivity index (χ3v) is 1.63. The van der Waals surface area contributed by atoms with E-state index >= 15 is 0 Å². The monoisotopic (exact) mass is 223 g/mol. The zero-order valence-electron chi connectivity index (χ0n) is 7.86. The summed E-state index contributed by atoms with van der Waals surface area (Å²) in [5.41, 5.74) is 0. The summed E-state index contributed by atoms with van der Waals surface area (Å²) in [5.74, 6) is 0. The highest BCUT2D eigenvalue weighted by atomic mass is 79.9. The largest absolute Gasteiger partial charge is 0.317 e. The highest BCUT2D eigenvalue weighted by Gasteiger charge is 1.85. The standard InChI is InChI=1S/C9H21N.BrH/c1-3-5-6-7-9-10-8-4-2;/h10H,3-9H2,1-2H3;1H. The van der Waals surface area contributed by atoms with Crippen molar-refractivity contribution in [1.82, 2.24) is 5.32 Å². The van der Waals surface area contributed by atoms with E-state index in [1.54, 1.807) is 0 Å². The SMILES string of the molecule is Br.CCCCCCNCCC. The van der Waals surface area contributed by atoms with Gasteiger partial charge >= 0.3 is 0 Å². The lowest BCUT2D eigenvalue weighted by molar-refractivity contribution is 0.594. The minimum Gasteiger partial charge on any atom is -0.317 e. The van der Waals surface area contributed by atoms with Crippen LogP contribution in [0.15, 0.2) is 0 Å². The van der Waals surface area contributed by atoms with Crippen LogP contribution in [0.3, 0.4) is 0 Å². The molecule has 0 heterocycles. The van der Waals surface area contributed by atoms with E-state index in [0.29, 0.717) is 0 Å². The van der Waals surface area contributed by atoms with Gasteiger partial charge in [0.2, 0.25) is 0 Å². The Hall–Kier alpha value is 0.440. The number of rotatable bonds is 7. The average molecular weight is 224 g/mol. The fraction of sp³-hybridized carbons (Fsp3) is 1.00. The number of hydrogen-bond acceptors (Lipinski definition) is 1. The van der Waals surface area contributed by atoms with Gasteiger partial charge in [-0.25, -0.2) is 0 Å². The average Bonchev–Trinajstić information content (AvgIpc) is 1.97. The number of nitrogens with one attached hydrogen (secondary N) is 1. The first-order chi connectivity index (χ1) is 4.91. The molecule has 0 saturated heterocycles. The van der Waals surface area contributed by atoms with Crippen molar-refractivity contribution in [3.63, 3.8) is 0 Å². The fourth-order valence-electron chi connectivity index (χ4n) is 0.979. The van der Waals surface area contributed by atoms with E-state index in [-0.39, 0.29) is 17.0 Å². The third-order valence-electron chi connectivity index (χ3n) is 1.63. The molecule has 0 aliphatic carbocycles. The van der Waals surface area contributed by atoms with E-state index in [9.17, 15) is 0 Å². The molecular weight excluding hydrogens is 202 g/mol. The van der Waals surface area contributed by atoms with Crippen LogP contribution in [0.25, 0.3) is 0 Å². The van der Waals surface area contributed by atoms with E-state index in [1.165, 1.54) is 45.2 Å². The molecule has 2 heteroatoms. The lowest BCUT2D eigenvalue weighted by Gasteiger charge is -2.00. The second-order valence-electron chi connectivity index (χ2n) is 2.81. The van der Waals surface area contributed by atoms with Crippen LogP contribution >= 0.6 is 17.0 Å². The Labute approximate surface area is 81.7 Å². The van der Waals surface area contributed by atoms with Gasteiger partial charge in [0.1, 0.15) is 0 Å². The minimum absolute atomic E-state index is 0. The van der Waals surface area contributed by atoms with Crippen LogP contribution in [0, 0.1) is 0 Å². The highest BCUT2D eigenvalue weighted by Crippen LogP contribution is 1.96. The molecule has 0 atom stereocenters. The summed E-state index contributed by atoms with van der Waals surface area (Å²) in [6.45, 7) is 6.86. The van der Waals surface area contributed by atoms with Crippen molar-refractivity contribution >= 4 is 17.0 Å². The van der Waals surface area contributed by atoms with Crippen molar-refractivity contribution in [2.45, 2.75) is 46.0 Å². The van der Waals surface area contributed by atoms with Gasteiger partial charge in [0.05, 0.1) is 0 Å². The van der Waals surface area contributed by atoms with Gasteiger partial charge in [-0.3, -0.25) is 0 Å². The van der Waals surface area contributed by atoms with E-state index in [2.05, 4.69) is 19.2 Å². The molecule has 1 nitrogen and oxygen atoms in total. The summed E-state index contributed by atoms with van der Waals surface area (Å²) in [6.07, 6.45) is 6.75. The summed E-state index contributed by atoms with van der Waals surface area (Å²) in [4.78, 5) is 0. The van der Waals surface area contributed by atoms with E-state index in [1.807, 2.05) is 0 Å². The Morgan fingerprint density at radius 1 is 0.818 bits per heavy atom. The quantitative estimate of drug-likeness (QED) is 0.655. The zero-order chi connectivity index (χ0) is 7.66. The van der Waals surface area contributed by atoms with Crippen LogP contribution in [-0.2, 0) is 0 Å². The van der Waals surface area contributed by atoms with Crippen LogP contribution in [0.2, 0.25) is 0 Å². The number of unbranched alkanes of at least 4 members (excludes halogenated alkanes) is 3. The molecule has 0 saturated carbocycles. The topological polar surface area (TPSA) is 12.0 Å². The molecule has 1 N–H and O–H groups in total. The molecule has 0 radical (unpaired) electrons. The summed E-state index contributed by atoms with van der Waals surface area (Å²) in [5, 5.41) is 3.39. The first-order valence-corrected chi connectivity index (χ1v) is 4.62. The van der Waals surface area contributed by atoms with Crippen LogP contribution in [0.4, 0.5) is 0 Å². The van der Waals surface area contributed by atoms with Crippen molar-refractivity contribution in [2.75, 3.05) is 13.1 Å². The minimum atomic E-state index is 0. The molecule has 0 rings (SSSR count). The molecular formula is C9H22BrN. The molecule has 0 aliphatic heterocycles. The normalized spacial score (nSPS) is 9.27. The maximum absolute atomic E-state index is 3.39. The summed E-state index contributed by atoms with van der Waals surface area (Å²) >= 11 is 0. The van der Waals surface area contributed by atoms with Gasteiger partial charge in [-0.15, -0.1) is 17.0 Å². The molecule has 0 aromatic heterocycles. The first-order valence-electron chi connectivity index (χ1n) is 4.62. The zero-order valence-corrected chi connectivity index (χ0v) is 9.57. The maximum atomic E-state index is 3.39. The first kappa shape index (κ1) is 14.0. The molecule has 11 heavy (non-hydrogen) atoms. The summed E-state index contributed by atoms with van der Waals surface area (Å²) in [6, 6.07) is 0. The van der Waals surface area contributed by atoms with Gasteiger partial charge in [0.25, 0.3) is 0 Å². The smallest absolute Gasteiger partial charge is 0.00489 e. The van der Waals surface area contributed by atoms with Crippen LogP contribution in [-0.4, -0.2) is 13.1 Å². The predicted octanol–water partition coefficient (Wildman–Crippen LogP) is 3.14. The molecule has 0 aromatic carbocycles. The van der Waals surface area contributed by atoms with Gasteiger partial charge in [-0.1, -0.05) is 33.1 Å². The Morgan fingerprint density at radius 2 is 1.55 bits per heavy atom. The summed E-state index contributed by atoms with van der Waals surface area (Å²) < 4.78 is 0. The fourth-order valence-corrected chi connectivity index (χ4v) is 0.979. The Bertz CT molecular complexity index is 49.5. The molecule has 0 unspecified atom stereocenters. The molecule has 0 amide bonds. The van der Waals surface area contributed by atoms with E-state index in [4.69, 9.17) is 0 Å². The maximum Gasteiger partial charge on any atom is -0.00489 e. The predicted molar refractivity (Wildman–Crippen MR) is 57.6 cm³/mol. The van der Waals surface area contributed by atoms with Crippen molar-refractivity contribution in [3.05, 3.63) is 0 Å². The van der Waals surface area contributed by atoms with Crippen molar-refractivity contribution < 1.29 is 0 Å².